The Balaban J connectivity index is 1.42. The number of anilines is 3. The number of hydrogen-bond donors (Lipinski definition) is 1. The molecule has 1 fully saturated rings. The van der Waals surface area contributed by atoms with Crippen molar-refractivity contribution < 1.29 is 8.42 Å². The summed E-state index contributed by atoms with van der Waals surface area (Å²) < 4.78 is 27.1. The van der Waals surface area contributed by atoms with Gasteiger partial charge >= 0.3 is 0 Å². The van der Waals surface area contributed by atoms with Crippen LogP contribution in [0.3, 0.4) is 0 Å². The van der Waals surface area contributed by atoms with Gasteiger partial charge in [0.25, 0.3) is 0 Å². The molecule has 3 heterocycles. The number of piperazine rings is 1. The first-order chi connectivity index (χ1) is 15.8. The summed E-state index contributed by atoms with van der Waals surface area (Å²) >= 11 is 0. The maximum absolute atomic E-state index is 12.8. The maximum Gasteiger partial charge on any atom is 0.236 e. The highest BCUT2D eigenvalue weighted by molar-refractivity contribution is 7.92. The molecule has 8 nitrogen and oxygen atoms in total. The Bertz CT molecular complexity index is 1250. The van der Waals surface area contributed by atoms with Gasteiger partial charge < -0.3 is 10.2 Å². The largest absolute Gasteiger partial charge is 0.354 e. The van der Waals surface area contributed by atoms with Gasteiger partial charge in [0.2, 0.25) is 10.0 Å². The second kappa shape index (κ2) is 9.68. The van der Waals surface area contributed by atoms with Crippen LogP contribution in [0.1, 0.15) is 22.5 Å². The van der Waals surface area contributed by atoms with Gasteiger partial charge in [-0.2, -0.15) is 4.31 Å². The van der Waals surface area contributed by atoms with Crippen molar-refractivity contribution in [2.24, 2.45) is 0 Å². The molecule has 0 unspecified atom stereocenters. The number of nitrogens with one attached hydrogen (secondary N) is 1. The fraction of sp³-hybridized carbons (Fsp3) is 0.292. The van der Waals surface area contributed by atoms with E-state index in [1.165, 1.54) is 9.71 Å². The predicted octanol–water partition coefficient (Wildman–Crippen LogP) is 3.66. The van der Waals surface area contributed by atoms with Crippen LogP contribution in [0, 0.1) is 20.8 Å². The van der Waals surface area contributed by atoms with E-state index < -0.39 is 10.0 Å². The van der Waals surface area contributed by atoms with Crippen molar-refractivity contribution in [1.82, 2.24) is 19.3 Å². The van der Waals surface area contributed by atoms with E-state index >= 15 is 0 Å². The third kappa shape index (κ3) is 5.94. The third-order valence-corrected chi connectivity index (χ3v) is 6.99. The molecule has 0 radical (unpaired) electrons. The molecule has 0 amide bonds. The molecule has 0 saturated carbocycles. The summed E-state index contributed by atoms with van der Waals surface area (Å²) in [5.41, 5.74) is 3.11. The summed E-state index contributed by atoms with van der Waals surface area (Å²) in [7, 11) is -3.49. The first kappa shape index (κ1) is 22.9. The topological polar surface area (TPSA) is 91.3 Å². The number of aromatic nitrogens is 3. The van der Waals surface area contributed by atoms with E-state index in [9.17, 15) is 8.42 Å². The molecule has 1 N–H and O–H groups in total. The zero-order valence-electron chi connectivity index (χ0n) is 19.1. The Labute approximate surface area is 195 Å². The van der Waals surface area contributed by atoms with Gasteiger partial charge in [0.05, 0.1) is 0 Å². The third-order valence-electron chi connectivity index (χ3n) is 5.43. The summed E-state index contributed by atoms with van der Waals surface area (Å²) in [6.07, 6.45) is 3.39. The molecule has 1 aromatic carbocycles. The standard InChI is InChI=1S/C24H28N6O2S/c1-18-4-6-21(7-5-18)9-15-33(31,32)30-13-11-29(12-14-30)24-17-23(26-20(3)27-24)28-22-16-19(2)8-10-25-22/h4-10,15-17H,11-14H2,1-3H3,(H,25,26,27,28)/b15-9+. The minimum absolute atomic E-state index is 0.395. The van der Waals surface area contributed by atoms with Crippen LogP contribution in [0.5, 0.6) is 0 Å². The van der Waals surface area contributed by atoms with Gasteiger partial charge in [-0.25, -0.2) is 23.4 Å². The minimum atomic E-state index is -3.49. The zero-order valence-corrected chi connectivity index (χ0v) is 19.9. The molecule has 1 aliphatic rings. The molecular weight excluding hydrogens is 436 g/mol. The highest BCUT2D eigenvalue weighted by atomic mass is 32.2. The van der Waals surface area contributed by atoms with Gasteiger partial charge in [-0.1, -0.05) is 29.8 Å². The van der Waals surface area contributed by atoms with Crippen LogP contribution in [0.2, 0.25) is 0 Å². The molecule has 9 heteroatoms. The first-order valence-electron chi connectivity index (χ1n) is 10.8. The van der Waals surface area contributed by atoms with Crippen LogP contribution in [0.4, 0.5) is 17.5 Å². The Kier molecular flexibility index (Phi) is 6.71. The lowest BCUT2D eigenvalue weighted by atomic mass is 10.2. The van der Waals surface area contributed by atoms with Gasteiger partial charge in [-0.05, 0) is 50.1 Å². The Morgan fingerprint density at radius 1 is 0.879 bits per heavy atom. The SMILES string of the molecule is Cc1ccc(/C=C/S(=O)(=O)N2CCN(c3cc(Nc4cc(C)ccn4)nc(C)n3)CC2)cc1. The predicted molar refractivity (Wildman–Crippen MR) is 132 cm³/mol. The van der Waals surface area contributed by atoms with Crippen molar-refractivity contribution in [1.29, 1.82) is 0 Å². The number of benzene rings is 1. The minimum Gasteiger partial charge on any atom is -0.354 e. The Hall–Kier alpha value is -3.30. The monoisotopic (exact) mass is 464 g/mol. The molecule has 0 bridgehead atoms. The average Bonchev–Trinajstić information content (AvgIpc) is 2.78. The Morgan fingerprint density at radius 3 is 2.30 bits per heavy atom. The highest BCUT2D eigenvalue weighted by Gasteiger charge is 2.26. The quantitative estimate of drug-likeness (QED) is 0.595. The highest BCUT2D eigenvalue weighted by Crippen LogP contribution is 2.21. The van der Waals surface area contributed by atoms with Crippen molar-refractivity contribution in [3.63, 3.8) is 0 Å². The lowest BCUT2D eigenvalue weighted by Gasteiger charge is -2.34. The molecule has 0 spiro atoms. The van der Waals surface area contributed by atoms with E-state index in [1.807, 2.05) is 63.2 Å². The number of nitrogens with zero attached hydrogens (tertiary/aromatic N) is 5. The zero-order chi connectivity index (χ0) is 23.4. The molecule has 4 rings (SSSR count). The van der Waals surface area contributed by atoms with E-state index in [1.54, 1.807) is 12.3 Å². The second-order valence-electron chi connectivity index (χ2n) is 8.15. The first-order valence-corrected chi connectivity index (χ1v) is 12.3. The van der Waals surface area contributed by atoms with Crippen LogP contribution in [-0.2, 0) is 10.0 Å². The van der Waals surface area contributed by atoms with E-state index in [2.05, 4.69) is 25.2 Å². The Morgan fingerprint density at radius 2 is 1.61 bits per heavy atom. The number of sulfonamides is 1. The molecule has 0 aliphatic carbocycles. The fourth-order valence-electron chi connectivity index (χ4n) is 3.61. The molecule has 0 atom stereocenters. The lowest BCUT2D eigenvalue weighted by molar-refractivity contribution is 0.388. The van der Waals surface area contributed by atoms with Crippen LogP contribution in [0.25, 0.3) is 6.08 Å². The van der Waals surface area contributed by atoms with Crippen molar-refractivity contribution in [3.05, 3.63) is 76.6 Å². The van der Waals surface area contributed by atoms with Crippen molar-refractivity contribution in [3.8, 4) is 0 Å². The van der Waals surface area contributed by atoms with Gasteiger partial charge in [0, 0.05) is 43.9 Å². The molecule has 1 saturated heterocycles. The molecular formula is C24H28N6O2S. The molecule has 3 aromatic rings. The maximum atomic E-state index is 12.8. The van der Waals surface area contributed by atoms with Crippen molar-refractivity contribution in [2.75, 3.05) is 36.4 Å². The van der Waals surface area contributed by atoms with E-state index in [0.29, 0.717) is 37.8 Å². The normalized spacial score (nSPS) is 15.2. The molecule has 33 heavy (non-hydrogen) atoms. The second-order valence-corrected chi connectivity index (χ2v) is 9.97. The molecule has 1 aliphatic heterocycles. The smallest absolute Gasteiger partial charge is 0.236 e. The summed E-state index contributed by atoms with van der Waals surface area (Å²) in [4.78, 5) is 15.4. The summed E-state index contributed by atoms with van der Waals surface area (Å²) in [5, 5.41) is 4.52. The van der Waals surface area contributed by atoms with Crippen molar-refractivity contribution in [2.45, 2.75) is 20.8 Å². The number of rotatable bonds is 6. The van der Waals surface area contributed by atoms with E-state index in [4.69, 9.17) is 0 Å². The molecule has 172 valence electrons. The van der Waals surface area contributed by atoms with E-state index in [-0.39, 0.29) is 0 Å². The summed E-state index contributed by atoms with van der Waals surface area (Å²) in [6.45, 7) is 7.74. The number of hydrogen-bond acceptors (Lipinski definition) is 7. The number of pyridine rings is 1. The number of aryl methyl sites for hydroxylation is 3. The van der Waals surface area contributed by atoms with Crippen LogP contribution in [-0.4, -0.2) is 53.9 Å². The van der Waals surface area contributed by atoms with Crippen LogP contribution >= 0.6 is 0 Å². The van der Waals surface area contributed by atoms with Crippen LogP contribution in [0.15, 0.2) is 54.1 Å². The van der Waals surface area contributed by atoms with Gasteiger partial charge in [0.15, 0.2) is 0 Å². The lowest BCUT2D eigenvalue weighted by Crippen LogP contribution is -2.48. The average molecular weight is 465 g/mol. The van der Waals surface area contributed by atoms with Gasteiger partial charge in [0.1, 0.15) is 23.3 Å². The molecule has 2 aromatic heterocycles. The van der Waals surface area contributed by atoms with Crippen LogP contribution < -0.4 is 10.2 Å². The summed E-state index contributed by atoms with van der Waals surface area (Å²) in [6, 6.07) is 13.5. The summed E-state index contributed by atoms with van der Waals surface area (Å²) in [5.74, 6) is 2.78. The van der Waals surface area contributed by atoms with E-state index in [0.717, 1.165) is 28.3 Å². The van der Waals surface area contributed by atoms with Crippen molar-refractivity contribution >= 4 is 33.6 Å². The fourth-order valence-corrected chi connectivity index (χ4v) is 4.79. The van der Waals surface area contributed by atoms with Gasteiger partial charge in [-0.3, -0.25) is 0 Å². The van der Waals surface area contributed by atoms with Gasteiger partial charge in [-0.15, -0.1) is 0 Å².